The number of nitrogens with two attached hydrogens (primary N) is 2. The molecule has 0 aliphatic heterocycles. The smallest absolute Gasteiger partial charge is 0.306 e. The molecule has 6 N–H and O–H groups in total. The van der Waals surface area contributed by atoms with E-state index in [2.05, 4.69) is 19.6 Å². The minimum atomic E-state index is -1.17. The molecule has 23 heavy (non-hydrogen) atoms. The molecule has 0 rings (SSSR count). The summed E-state index contributed by atoms with van der Waals surface area (Å²) in [6.07, 6.45) is 4.33. The predicted octanol–water partition coefficient (Wildman–Crippen LogP) is 2.86. The highest BCUT2D eigenvalue weighted by molar-refractivity contribution is 6.76. The predicted molar refractivity (Wildman–Crippen MR) is 105 cm³/mol. The van der Waals surface area contributed by atoms with Gasteiger partial charge in [0.15, 0.2) is 0 Å². The molecule has 3 unspecified atom stereocenters. The van der Waals surface area contributed by atoms with Crippen molar-refractivity contribution in [2.45, 2.75) is 76.4 Å². The topological polar surface area (TPSA) is 110 Å². The Labute approximate surface area is 154 Å². The largest absolute Gasteiger partial charge is 0.481 e. The van der Waals surface area contributed by atoms with E-state index in [4.69, 9.17) is 11.5 Å². The van der Waals surface area contributed by atoms with E-state index in [1.165, 1.54) is 0 Å². The number of aliphatic carboxylic acids is 1. The number of rotatable bonds is 12. The van der Waals surface area contributed by atoms with Gasteiger partial charge in [0.25, 0.3) is 0 Å². The summed E-state index contributed by atoms with van der Waals surface area (Å²) >= 11 is 0. The molecule has 142 valence electrons. The molecule has 0 amide bonds. The number of hydrogen-bond donors (Lipinski definition) is 4. The Balaban J connectivity index is -0.00000200. The average molecular weight is 391 g/mol. The molecule has 0 heterocycles. The van der Waals surface area contributed by atoms with Crippen molar-refractivity contribution in [3.63, 3.8) is 0 Å². The zero-order valence-corrected chi connectivity index (χ0v) is 17.3. The van der Waals surface area contributed by atoms with Crippen LogP contribution in [0.15, 0.2) is 0 Å². The van der Waals surface area contributed by atoms with Crippen LogP contribution < -0.4 is 11.5 Å². The van der Waals surface area contributed by atoms with Crippen LogP contribution in [0.4, 0.5) is 0 Å². The first-order chi connectivity index (χ1) is 9.67. The Kier molecular flexibility index (Phi) is 17.6. The van der Waals surface area contributed by atoms with Crippen LogP contribution in [0, 0.1) is 5.92 Å². The zero-order valence-electron chi connectivity index (χ0n) is 14.7. The third-order valence-corrected chi connectivity index (χ3v) is 5.70. The van der Waals surface area contributed by atoms with Gasteiger partial charge in [0.05, 0.1) is 12.0 Å². The fourth-order valence-corrected chi connectivity index (χ4v) is 3.51. The Hall–Kier alpha value is 0.147. The molecule has 0 aromatic carbocycles. The number of carboxylic acid groups (broad SMARTS) is 1. The van der Waals surface area contributed by atoms with Gasteiger partial charge in [-0.05, 0) is 19.3 Å². The van der Waals surface area contributed by atoms with Gasteiger partial charge in [-0.25, -0.2) is 0 Å². The van der Waals surface area contributed by atoms with Gasteiger partial charge in [0.1, 0.15) is 0 Å². The maximum atomic E-state index is 11.3. The van der Waals surface area contributed by atoms with Gasteiger partial charge in [-0.1, -0.05) is 44.9 Å². The van der Waals surface area contributed by atoms with Crippen LogP contribution in [0.5, 0.6) is 0 Å². The molecule has 3 atom stereocenters. The first-order valence-corrected chi connectivity index (χ1v) is 11.7. The standard InChI is InChI=1S/C15H34N2O3Si.2ClH/c1-21(2,3)10-9-12(15(19)20)7-5-4-6-8-14(18)13(17)11-16;;/h12-14,18H,4-11,16-17H2,1-3H3,(H,19,20);2*1H. The van der Waals surface area contributed by atoms with Crippen LogP contribution in [-0.2, 0) is 4.79 Å². The molecule has 0 aromatic heterocycles. The summed E-state index contributed by atoms with van der Waals surface area (Å²) in [4.78, 5) is 11.3. The number of carbonyl (C=O) groups is 1. The Morgan fingerprint density at radius 1 is 1.04 bits per heavy atom. The van der Waals surface area contributed by atoms with E-state index < -0.39 is 20.1 Å². The third kappa shape index (κ3) is 15.4. The van der Waals surface area contributed by atoms with Crippen molar-refractivity contribution in [3.8, 4) is 0 Å². The molecule has 0 aliphatic rings. The maximum Gasteiger partial charge on any atom is 0.306 e. The number of aliphatic hydroxyl groups excluding tert-OH is 1. The number of halogens is 2. The molecular formula is C15H36Cl2N2O3Si. The summed E-state index contributed by atoms with van der Waals surface area (Å²) in [5.41, 5.74) is 11.0. The average Bonchev–Trinajstić information content (AvgIpc) is 2.38. The van der Waals surface area contributed by atoms with Crippen molar-refractivity contribution < 1.29 is 15.0 Å². The van der Waals surface area contributed by atoms with Crippen LogP contribution >= 0.6 is 24.8 Å². The number of unbranched alkanes of at least 4 members (excludes halogenated alkanes) is 2. The van der Waals surface area contributed by atoms with Crippen LogP contribution in [-0.4, -0.2) is 42.9 Å². The number of aliphatic hydroxyl groups is 1. The summed E-state index contributed by atoms with van der Waals surface area (Å²) in [6.45, 7) is 7.11. The van der Waals surface area contributed by atoms with Crippen molar-refractivity contribution in [2.75, 3.05) is 6.54 Å². The van der Waals surface area contributed by atoms with Crippen molar-refractivity contribution in [3.05, 3.63) is 0 Å². The summed E-state index contributed by atoms with van der Waals surface area (Å²) in [6, 6.07) is 0.710. The SMILES string of the molecule is C[Si](C)(C)CCC(CCCCCC(O)C(N)CN)C(=O)O.Cl.Cl. The van der Waals surface area contributed by atoms with E-state index >= 15 is 0 Å². The minimum absolute atomic E-state index is 0. The van der Waals surface area contributed by atoms with Crippen LogP contribution in [0.25, 0.3) is 0 Å². The van der Waals surface area contributed by atoms with E-state index in [1.807, 2.05) is 0 Å². The second kappa shape index (κ2) is 14.5. The molecule has 0 radical (unpaired) electrons. The van der Waals surface area contributed by atoms with E-state index in [0.717, 1.165) is 38.1 Å². The fraction of sp³-hybridized carbons (Fsp3) is 0.933. The number of carboxylic acids is 1. The van der Waals surface area contributed by atoms with Crippen LogP contribution in [0.1, 0.15) is 38.5 Å². The van der Waals surface area contributed by atoms with Gasteiger partial charge in [0.2, 0.25) is 0 Å². The molecule has 0 aliphatic carbocycles. The Morgan fingerprint density at radius 3 is 2.00 bits per heavy atom. The highest BCUT2D eigenvalue weighted by atomic mass is 35.5. The van der Waals surface area contributed by atoms with E-state index in [-0.39, 0.29) is 36.8 Å². The highest BCUT2D eigenvalue weighted by Crippen LogP contribution is 2.22. The molecule has 0 saturated heterocycles. The molecule has 5 nitrogen and oxygen atoms in total. The lowest BCUT2D eigenvalue weighted by Crippen LogP contribution is -2.40. The molecule has 0 saturated carbocycles. The summed E-state index contributed by atoms with van der Waals surface area (Å²) in [5, 5.41) is 19.0. The lowest BCUT2D eigenvalue weighted by Gasteiger charge is -2.19. The molecule has 0 aromatic rings. The summed E-state index contributed by atoms with van der Waals surface area (Å²) in [7, 11) is -1.17. The van der Waals surface area contributed by atoms with Crippen molar-refractivity contribution in [1.29, 1.82) is 0 Å². The van der Waals surface area contributed by atoms with E-state index in [0.29, 0.717) is 13.0 Å². The zero-order chi connectivity index (χ0) is 16.5. The molecular weight excluding hydrogens is 355 g/mol. The van der Waals surface area contributed by atoms with E-state index in [9.17, 15) is 15.0 Å². The first kappa shape index (κ1) is 28.0. The molecule has 0 spiro atoms. The maximum absolute atomic E-state index is 11.3. The Bertz CT molecular complexity index is 305. The summed E-state index contributed by atoms with van der Waals surface area (Å²) < 4.78 is 0. The minimum Gasteiger partial charge on any atom is -0.481 e. The van der Waals surface area contributed by atoms with Gasteiger partial charge in [-0.15, -0.1) is 24.8 Å². The highest BCUT2D eigenvalue weighted by Gasteiger charge is 2.21. The third-order valence-electron chi connectivity index (χ3n) is 3.91. The second-order valence-corrected chi connectivity index (χ2v) is 12.9. The van der Waals surface area contributed by atoms with Crippen LogP contribution in [0.3, 0.4) is 0 Å². The quantitative estimate of drug-likeness (QED) is 0.302. The summed E-state index contributed by atoms with van der Waals surface area (Å²) in [5.74, 6) is -0.883. The van der Waals surface area contributed by atoms with E-state index in [1.54, 1.807) is 0 Å². The van der Waals surface area contributed by atoms with Crippen LogP contribution in [0.2, 0.25) is 25.7 Å². The second-order valence-electron chi connectivity index (χ2n) is 7.24. The van der Waals surface area contributed by atoms with Gasteiger partial charge in [-0.2, -0.15) is 0 Å². The first-order valence-electron chi connectivity index (χ1n) is 8.04. The van der Waals surface area contributed by atoms with Gasteiger partial charge in [-0.3, -0.25) is 4.79 Å². The Morgan fingerprint density at radius 2 is 1.57 bits per heavy atom. The van der Waals surface area contributed by atoms with Crippen molar-refractivity contribution >= 4 is 38.9 Å². The fourth-order valence-electron chi connectivity index (χ4n) is 2.29. The van der Waals surface area contributed by atoms with Crippen molar-refractivity contribution in [2.24, 2.45) is 17.4 Å². The van der Waals surface area contributed by atoms with Gasteiger partial charge < -0.3 is 21.7 Å². The monoisotopic (exact) mass is 390 g/mol. The molecule has 0 bridgehead atoms. The normalized spacial score (nSPS) is 15.0. The number of hydrogen-bond acceptors (Lipinski definition) is 4. The van der Waals surface area contributed by atoms with Gasteiger partial charge >= 0.3 is 5.97 Å². The molecule has 0 fully saturated rings. The lowest BCUT2D eigenvalue weighted by atomic mass is 9.97. The van der Waals surface area contributed by atoms with Gasteiger partial charge in [0, 0.05) is 20.7 Å². The lowest BCUT2D eigenvalue weighted by molar-refractivity contribution is -0.142. The van der Waals surface area contributed by atoms with Crippen molar-refractivity contribution in [1.82, 2.24) is 0 Å². The molecule has 8 heteroatoms.